The minimum Gasteiger partial charge on any atom is -0.465 e. The van der Waals surface area contributed by atoms with Crippen molar-refractivity contribution < 1.29 is 28.5 Å². The molecule has 0 bridgehead atoms. The van der Waals surface area contributed by atoms with Gasteiger partial charge in [0.25, 0.3) is 0 Å². The minimum atomic E-state index is -1.34. The molecular formula is C16H26O6. The van der Waals surface area contributed by atoms with Crippen LogP contribution >= 0.6 is 0 Å². The second-order valence-electron chi connectivity index (χ2n) is 6.26. The van der Waals surface area contributed by atoms with Crippen LogP contribution in [-0.4, -0.2) is 43.1 Å². The van der Waals surface area contributed by atoms with Crippen LogP contribution in [0.5, 0.6) is 0 Å². The maximum absolute atomic E-state index is 12.5. The van der Waals surface area contributed by atoms with E-state index in [0.29, 0.717) is 6.42 Å². The number of hydrogen-bond donors (Lipinski definition) is 0. The van der Waals surface area contributed by atoms with Crippen LogP contribution in [0.1, 0.15) is 47.5 Å². The fourth-order valence-electron chi connectivity index (χ4n) is 3.44. The molecule has 0 aromatic rings. The van der Waals surface area contributed by atoms with Crippen molar-refractivity contribution in [1.82, 2.24) is 0 Å². The van der Waals surface area contributed by atoms with Gasteiger partial charge in [0.05, 0.1) is 25.4 Å². The lowest BCUT2D eigenvalue weighted by Crippen LogP contribution is -2.42. The molecule has 1 aliphatic heterocycles. The molecule has 0 N–H and O–H groups in total. The van der Waals surface area contributed by atoms with Crippen molar-refractivity contribution in [2.75, 3.05) is 13.2 Å². The average Bonchev–Trinajstić information content (AvgIpc) is 2.89. The fourth-order valence-corrected chi connectivity index (χ4v) is 3.44. The first-order valence-corrected chi connectivity index (χ1v) is 8.01. The lowest BCUT2D eigenvalue weighted by atomic mass is 9.85. The molecule has 2 aliphatic rings. The third-order valence-electron chi connectivity index (χ3n) is 4.72. The summed E-state index contributed by atoms with van der Waals surface area (Å²) >= 11 is 0. The molecule has 0 aromatic carbocycles. The minimum absolute atomic E-state index is 0.0809. The van der Waals surface area contributed by atoms with Gasteiger partial charge in [0.15, 0.2) is 11.2 Å². The average molecular weight is 314 g/mol. The van der Waals surface area contributed by atoms with Crippen LogP contribution in [0.15, 0.2) is 0 Å². The Kier molecular flexibility index (Phi) is 4.82. The highest BCUT2D eigenvalue weighted by molar-refractivity contribution is 6.00. The summed E-state index contributed by atoms with van der Waals surface area (Å²) in [6.07, 6.45) is 0.294. The molecule has 126 valence electrons. The SMILES string of the molecule is CCOC(=O)C1(C(=O)OCC)CC(C)C2(C1)OC(C)C(C)O2. The molecule has 1 saturated heterocycles. The zero-order valence-electron chi connectivity index (χ0n) is 14.0. The number of ether oxygens (including phenoxy) is 4. The Hall–Kier alpha value is -1.14. The Morgan fingerprint density at radius 2 is 1.45 bits per heavy atom. The zero-order chi connectivity index (χ0) is 16.5. The normalized spacial score (nSPS) is 36.5. The van der Waals surface area contributed by atoms with Gasteiger partial charge in [-0.1, -0.05) is 6.92 Å². The van der Waals surface area contributed by atoms with Gasteiger partial charge in [-0.15, -0.1) is 0 Å². The summed E-state index contributed by atoms with van der Waals surface area (Å²) in [5.74, 6) is -2.11. The molecule has 22 heavy (non-hydrogen) atoms. The highest BCUT2D eigenvalue weighted by atomic mass is 16.8. The molecule has 1 saturated carbocycles. The molecule has 3 unspecified atom stereocenters. The van der Waals surface area contributed by atoms with E-state index in [-0.39, 0.29) is 37.8 Å². The van der Waals surface area contributed by atoms with Gasteiger partial charge >= 0.3 is 11.9 Å². The smallest absolute Gasteiger partial charge is 0.323 e. The molecule has 1 aliphatic carbocycles. The van der Waals surface area contributed by atoms with Crippen LogP contribution in [0.25, 0.3) is 0 Å². The predicted octanol–water partition coefficient (Wildman–Crippen LogP) is 2.05. The maximum atomic E-state index is 12.5. The molecule has 1 heterocycles. The van der Waals surface area contributed by atoms with Gasteiger partial charge in [0, 0.05) is 12.3 Å². The summed E-state index contributed by atoms with van der Waals surface area (Å²) in [5, 5.41) is 0. The molecule has 2 rings (SSSR count). The van der Waals surface area contributed by atoms with Crippen LogP contribution in [0.3, 0.4) is 0 Å². The summed E-state index contributed by atoms with van der Waals surface area (Å²) < 4.78 is 22.3. The summed E-state index contributed by atoms with van der Waals surface area (Å²) in [6.45, 7) is 9.67. The lowest BCUT2D eigenvalue weighted by Gasteiger charge is -2.29. The topological polar surface area (TPSA) is 71.1 Å². The van der Waals surface area contributed by atoms with E-state index < -0.39 is 23.1 Å². The van der Waals surface area contributed by atoms with E-state index in [0.717, 1.165) is 0 Å². The van der Waals surface area contributed by atoms with Crippen molar-refractivity contribution >= 4 is 11.9 Å². The number of carbonyl (C=O) groups excluding carboxylic acids is 2. The Morgan fingerprint density at radius 3 is 1.86 bits per heavy atom. The highest BCUT2D eigenvalue weighted by Gasteiger charge is 2.66. The number of carbonyl (C=O) groups is 2. The van der Waals surface area contributed by atoms with Crippen LogP contribution in [-0.2, 0) is 28.5 Å². The summed E-state index contributed by atoms with van der Waals surface area (Å²) in [6, 6.07) is 0. The van der Waals surface area contributed by atoms with E-state index in [1.54, 1.807) is 13.8 Å². The predicted molar refractivity (Wildman–Crippen MR) is 77.9 cm³/mol. The van der Waals surface area contributed by atoms with Crippen molar-refractivity contribution in [3.63, 3.8) is 0 Å². The molecular weight excluding hydrogens is 288 g/mol. The number of esters is 2. The summed E-state index contributed by atoms with van der Waals surface area (Å²) in [7, 11) is 0. The second kappa shape index (κ2) is 6.16. The first-order chi connectivity index (χ1) is 10.3. The molecule has 3 atom stereocenters. The van der Waals surface area contributed by atoms with E-state index in [2.05, 4.69) is 0 Å². The molecule has 0 radical (unpaired) electrons. The van der Waals surface area contributed by atoms with Gasteiger partial charge in [-0.3, -0.25) is 9.59 Å². The molecule has 6 heteroatoms. The molecule has 1 spiro atoms. The van der Waals surface area contributed by atoms with Crippen LogP contribution in [0.2, 0.25) is 0 Å². The fraction of sp³-hybridized carbons (Fsp3) is 0.875. The number of rotatable bonds is 4. The standard InChI is InChI=1S/C16H26O6/c1-6-19-13(17)15(14(18)20-7-2)8-10(3)16(9-15)21-11(4)12(5)22-16/h10-12H,6-9H2,1-5H3. The Bertz CT molecular complexity index is 418. The first-order valence-electron chi connectivity index (χ1n) is 8.01. The van der Waals surface area contributed by atoms with Crippen molar-refractivity contribution in [1.29, 1.82) is 0 Å². The third-order valence-corrected chi connectivity index (χ3v) is 4.72. The lowest BCUT2D eigenvalue weighted by molar-refractivity contribution is -0.202. The van der Waals surface area contributed by atoms with E-state index in [9.17, 15) is 9.59 Å². The van der Waals surface area contributed by atoms with E-state index >= 15 is 0 Å². The number of hydrogen-bond acceptors (Lipinski definition) is 6. The van der Waals surface area contributed by atoms with Crippen molar-refractivity contribution in [2.45, 2.75) is 65.5 Å². The van der Waals surface area contributed by atoms with Gasteiger partial charge in [0.1, 0.15) is 0 Å². The van der Waals surface area contributed by atoms with Gasteiger partial charge < -0.3 is 18.9 Å². The molecule has 6 nitrogen and oxygen atoms in total. The van der Waals surface area contributed by atoms with E-state index in [1.807, 2.05) is 20.8 Å². The van der Waals surface area contributed by atoms with E-state index in [1.165, 1.54) is 0 Å². The van der Waals surface area contributed by atoms with Gasteiger partial charge in [-0.05, 0) is 34.1 Å². The Morgan fingerprint density at radius 1 is 1.00 bits per heavy atom. The second-order valence-corrected chi connectivity index (χ2v) is 6.26. The van der Waals surface area contributed by atoms with Crippen molar-refractivity contribution in [3.05, 3.63) is 0 Å². The molecule has 0 aromatic heterocycles. The zero-order valence-corrected chi connectivity index (χ0v) is 14.0. The maximum Gasteiger partial charge on any atom is 0.323 e. The first kappa shape index (κ1) is 17.2. The van der Waals surface area contributed by atoms with Gasteiger partial charge in [-0.25, -0.2) is 0 Å². The summed E-state index contributed by atoms with van der Waals surface area (Å²) in [5.41, 5.74) is -1.34. The largest absolute Gasteiger partial charge is 0.465 e. The van der Waals surface area contributed by atoms with Crippen LogP contribution in [0, 0.1) is 11.3 Å². The van der Waals surface area contributed by atoms with Gasteiger partial charge in [-0.2, -0.15) is 0 Å². The van der Waals surface area contributed by atoms with Crippen LogP contribution in [0.4, 0.5) is 0 Å². The monoisotopic (exact) mass is 314 g/mol. The summed E-state index contributed by atoms with van der Waals surface area (Å²) in [4.78, 5) is 25.0. The van der Waals surface area contributed by atoms with Crippen molar-refractivity contribution in [2.24, 2.45) is 11.3 Å². The van der Waals surface area contributed by atoms with E-state index in [4.69, 9.17) is 18.9 Å². The highest BCUT2D eigenvalue weighted by Crippen LogP contribution is 2.55. The Balaban J connectivity index is 2.32. The van der Waals surface area contributed by atoms with Crippen molar-refractivity contribution in [3.8, 4) is 0 Å². The quantitative estimate of drug-likeness (QED) is 0.584. The third kappa shape index (κ3) is 2.63. The molecule has 0 amide bonds. The van der Waals surface area contributed by atoms with Gasteiger partial charge in [0.2, 0.25) is 0 Å². The van der Waals surface area contributed by atoms with Crippen LogP contribution < -0.4 is 0 Å². The molecule has 2 fully saturated rings. The Labute approximate surface area is 131 Å².